The molecule has 1 aromatic heterocycles. The number of dihydropyridines is 1. The Labute approximate surface area is 206 Å². The van der Waals surface area contributed by atoms with E-state index >= 15 is 0 Å². The molecule has 0 spiro atoms. The molecule has 0 radical (unpaired) electrons. The van der Waals surface area contributed by atoms with E-state index in [0.29, 0.717) is 46.7 Å². The van der Waals surface area contributed by atoms with Crippen molar-refractivity contribution in [3.63, 3.8) is 0 Å². The number of allylic oxidation sites excluding steroid dienone is 1. The Morgan fingerprint density at radius 3 is 2.77 bits per heavy atom. The van der Waals surface area contributed by atoms with Crippen molar-refractivity contribution in [2.24, 2.45) is 26.6 Å². The van der Waals surface area contributed by atoms with E-state index in [9.17, 15) is 4.79 Å². The third-order valence-corrected chi connectivity index (χ3v) is 6.52. The number of ether oxygens (including phenoxy) is 2. The first-order valence-electron chi connectivity index (χ1n) is 11.5. The summed E-state index contributed by atoms with van der Waals surface area (Å²) in [6.45, 7) is 3.46. The number of nitrogens with zero attached hydrogens (tertiary/aromatic N) is 4. The molecule has 0 saturated carbocycles. The number of hydrogen-bond acceptors (Lipinski definition) is 6. The van der Waals surface area contributed by atoms with Gasteiger partial charge in [0, 0.05) is 46.7 Å². The highest BCUT2D eigenvalue weighted by Gasteiger charge is 2.23. The zero-order valence-electron chi connectivity index (χ0n) is 19.6. The average Bonchev–Trinajstić information content (AvgIpc) is 2.87. The molecule has 3 aliphatic rings. The summed E-state index contributed by atoms with van der Waals surface area (Å²) in [7, 11) is 1.65. The van der Waals surface area contributed by atoms with Crippen LogP contribution >= 0.6 is 11.6 Å². The van der Waals surface area contributed by atoms with Gasteiger partial charge in [0.05, 0.1) is 31.5 Å². The fraction of sp³-hybridized carbons (Fsp3) is 0.360. The molecule has 1 aromatic carbocycles. The molecule has 182 valence electrons. The topological polar surface area (TPSA) is 116 Å². The molecule has 3 aliphatic heterocycles. The van der Waals surface area contributed by atoms with Crippen LogP contribution in [0.2, 0.25) is 5.02 Å². The zero-order valence-corrected chi connectivity index (χ0v) is 20.3. The molecule has 0 bridgehead atoms. The van der Waals surface area contributed by atoms with Gasteiger partial charge in [-0.25, -0.2) is 0 Å². The van der Waals surface area contributed by atoms with Crippen molar-refractivity contribution >= 4 is 29.5 Å². The number of rotatable bonds is 2. The van der Waals surface area contributed by atoms with E-state index in [2.05, 4.69) is 33.3 Å². The molecular weight excluding hydrogens is 468 g/mol. The van der Waals surface area contributed by atoms with E-state index in [-0.39, 0.29) is 24.1 Å². The van der Waals surface area contributed by atoms with Gasteiger partial charge < -0.3 is 20.5 Å². The molecule has 9 nitrogen and oxygen atoms in total. The smallest absolute Gasteiger partial charge is 0.260 e. The number of nitrogens with one attached hydrogen (secondary N) is 1. The Balaban J connectivity index is 1.73. The van der Waals surface area contributed by atoms with Crippen LogP contribution in [0.25, 0.3) is 5.70 Å². The van der Waals surface area contributed by atoms with Crippen molar-refractivity contribution in [2.75, 3.05) is 20.3 Å². The number of guanidine groups is 1. The van der Waals surface area contributed by atoms with E-state index in [1.54, 1.807) is 17.8 Å². The highest BCUT2D eigenvalue weighted by molar-refractivity contribution is 6.30. The van der Waals surface area contributed by atoms with Crippen LogP contribution in [0.4, 0.5) is 0 Å². The number of benzene rings is 1. The lowest BCUT2D eigenvalue weighted by Gasteiger charge is -2.28. The number of pyridine rings is 1. The van der Waals surface area contributed by atoms with Crippen molar-refractivity contribution < 1.29 is 9.47 Å². The maximum Gasteiger partial charge on any atom is 0.260 e. The number of fused-ring (bicyclic) bond motifs is 1. The first kappa shape index (κ1) is 23.6. The Bertz CT molecular complexity index is 1520. The maximum absolute atomic E-state index is 13.8. The molecule has 3 N–H and O–H groups in total. The Kier molecular flexibility index (Phi) is 6.66. The summed E-state index contributed by atoms with van der Waals surface area (Å²) in [6, 6.07) is 7.34. The van der Waals surface area contributed by atoms with E-state index < -0.39 is 6.29 Å². The standard InChI is InChI=1S/C25H27ClN6O3/c1-14-4-3-7-29-22(14)15-5-6-18(20(26)9-15)19-8-16-10-30-25(28-2)31-23(16)32(24(19)33)11-21-34-12-17(27)13-35-21/h3-9,14,17,21H,10-13,27H2,1-2H3,(H,28,30). The molecule has 1 unspecified atom stereocenters. The Morgan fingerprint density at radius 1 is 1.26 bits per heavy atom. The minimum absolute atomic E-state index is 0.175. The lowest BCUT2D eigenvalue weighted by atomic mass is 10.0. The van der Waals surface area contributed by atoms with Gasteiger partial charge in [-0.3, -0.25) is 19.3 Å². The molecule has 2 aromatic rings. The van der Waals surface area contributed by atoms with Gasteiger partial charge in [-0.05, 0) is 23.4 Å². The van der Waals surface area contributed by atoms with Crippen LogP contribution in [-0.2, 0) is 22.6 Å². The van der Waals surface area contributed by atoms with Gasteiger partial charge in [-0.2, -0.15) is 4.99 Å². The summed E-state index contributed by atoms with van der Waals surface area (Å²) < 4.78 is 13.0. The third kappa shape index (κ3) is 4.72. The summed E-state index contributed by atoms with van der Waals surface area (Å²) in [5.74, 6) is 0.634. The molecule has 1 saturated heterocycles. The van der Waals surface area contributed by atoms with E-state index in [1.165, 1.54) is 0 Å². The Hall–Kier alpha value is -3.11. The number of hydrogen-bond donors (Lipinski definition) is 2. The Morgan fingerprint density at radius 2 is 2.06 bits per heavy atom. The summed E-state index contributed by atoms with van der Waals surface area (Å²) in [5.41, 5.74) is 7.95. The van der Waals surface area contributed by atoms with Gasteiger partial charge in [-0.15, -0.1) is 0 Å². The fourth-order valence-electron chi connectivity index (χ4n) is 4.37. The van der Waals surface area contributed by atoms with Crippen LogP contribution in [0.1, 0.15) is 12.5 Å². The SMILES string of the molecule is CN=C1N=c2c(cc(=c3ccc(=C4N=CC=CC4C)cc3Cl)c(=O)n2CC2OCC(N)CO2)CN1. The van der Waals surface area contributed by atoms with Gasteiger partial charge in [0.2, 0.25) is 5.96 Å². The van der Waals surface area contributed by atoms with Gasteiger partial charge in [0.25, 0.3) is 5.56 Å². The highest BCUT2D eigenvalue weighted by atomic mass is 35.5. The number of halogens is 1. The van der Waals surface area contributed by atoms with Crippen molar-refractivity contribution in [3.8, 4) is 0 Å². The minimum atomic E-state index is -0.605. The lowest BCUT2D eigenvalue weighted by molar-refractivity contribution is -0.191. The number of aliphatic imine (C=N–C) groups is 2. The second kappa shape index (κ2) is 9.87. The minimum Gasteiger partial charge on any atom is -0.350 e. The second-order valence-electron chi connectivity index (χ2n) is 8.72. The predicted octanol–water partition coefficient (Wildman–Crippen LogP) is 0.582. The fourth-order valence-corrected chi connectivity index (χ4v) is 4.66. The van der Waals surface area contributed by atoms with Gasteiger partial charge >= 0.3 is 0 Å². The lowest BCUT2D eigenvalue weighted by Crippen LogP contribution is -2.48. The monoisotopic (exact) mass is 494 g/mol. The normalized spacial score (nSPS) is 27.3. The van der Waals surface area contributed by atoms with E-state index in [4.69, 9.17) is 26.8 Å². The average molecular weight is 495 g/mol. The van der Waals surface area contributed by atoms with Crippen LogP contribution in [0.5, 0.6) is 0 Å². The number of aromatic nitrogens is 1. The summed E-state index contributed by atoms with van der Waals surface area (Å²) >= 11 is 6.74. The summed E-state index contributed by atoms with van der Waals surface area (Å²) in [4.78, 5) is 27.0. The molecule has 0 amide bonds. The quantitative estimate of drug-likeness (QED) is 0.633. The van der Waals surface area contributed by atoms with Crippen molar-refractivity contribution in [2.45, 2.75) is 32.3 Å². The van der Waals surface area contributed by atoms with E-state index in [1.807, 2.05) is 30.3 Å². The summed E-state index contributed by atoms with van der Waals surface area (Å²) in [6.07, 6.45) is 5.18. The van der Waals surface area contributed by atoms with Crippen LogP contribution < -0.4 is 27.3 Å². The number of nitrogens with two attached hydrogens (primary N) is 1. The zero-order chi connectivity index (χ0) is 24.5. The predicted molar refractivity (Wildman–Crippen MR) is 135 cm³/mol. The van der Waals surface area contributed by atoms with Crippen molar-refractivity contribution in [1.82, 2.24) is 9.88 Å². The molecular formula is C25H27ClN6O3. The van der Waals surface area contributed by atoms with Gasteiger partial charge in [0.15, 0.2) is 6.29 Å². The van der Waals surface area contributed by atoms with Crippen molar-refractivity contribution in [3.05, 3.63) is 78.5 Å². The molecule has 35 heavy (non-hydrogen) atoms. The second-order valence-corrected chi connectivity index (χ2v) is 9.13. The van der Waals surface area contributed by atoms with Gasteiger partial charge in [-0.1, -0.05) is 36.7 Å². The van der Waals surface area contributed by atoms with Crippen LogP contribution in [0, 0.1) is 16.4 Å². The third-order valence-electron chi connectivity index (χ3n) is 6.21. The largest absolute Gasteiger partial charge is 0.350 e. The molecule has 4 heterocycles. The molecule has 1 atom stereocenters. The molecule has 0 aliphatic carbocycles. The molecule has 5 rings (SSSR count). The van der Waals surface area contributed by atoms with Gasteiger partial charge in [0.1, 0.15) is 5.49 Å². The first-order valence-corrected chi connectivity index (χ1v) is 11.9. The first-order chi connectivity index (χ1) is 16.9. The molecule has 10 heteroatoms. The summed E-state index contributed by atoms with van der Waals surface area (Å²) in [5, 5.41) is 5.68. The van der Waals surface area contributed by atoms with Crippen LogP contribution in [0.3, 0.4) is 0 Å². The van der Waals surface area contributed by atoms with Crippen LogP contribution in [-0.4, -0.2) is 49.3 Å². The molecule has 1 fully saturated rings. The van der Waals surface area contributed by atoms with Crippen LogP contribution in [0.15, 0.2) is 56.2 Å². The van der Waals surface area contributed by atoms with Crippen molar-refractivity contribution in [1.29, 1.82) is 0 Å². The maximum atomic E-state index is 13.8. The van der Waals surface area contributed by atoms with E-state index in [0.717, 1.165) is 16.5 Å². The highest BCUT2D eigenvalue weighted by Crippen LogP contribution is 2.17.